The lowest BCUT2D eigenvalue weighted by molar-refractivity contribution is -0.137. The predicted molar refractivity (Wildman–Crippen MR) is 117 cm³/mol. The number of aryl methyl sites for hydroxylation is 2. The van der Waals surface area contributed by atoms with Crippen LogP contribution in [0, 0.1) is 0 Å². The number of hydrogen-bond donors (Lipinski definition) is 0. The minimum atomic E-state index is -4.29. The number of rotatable bonds is 6. The molecule has 1 nitrogen and oxygen atoms in total. The minimum absolute atomic E-state index is 0. The fraction of sp³-hybridized carbons (Fsp3) is 0.417. The first kappa shape index (κ1) is 23.5. The Balaban J connectivity index is 0.00000300. The standard InChI is InChI=1S/C24H28F3N.ClH/c1-3-19-9-8-18(16-20(19)4-2)10-13-28-14-11-21(12-15-28)22-6-5-7-23(17-22)24(25,26)27;/h5-9,11,16-17H,3-4,10,12-15H2,1-2H3;1H. The zero-order valence-corrected chi connectivity index (χ0v) is 17.9. The van der Waals surface area contributed by atoms with Gasteiger partial charge in [-0.1, -0.05) is 50.3 Å². The lowest BCUT2D eigenvalue weighted by atomic mass is 9.96. The Morgan fingerprint density at radius 3 is 2.34 bits per heavy atom. The third-order valence-corrected chi connectivity index (χ3v) is 5.60. The van der Waals surface area contributed by atoms with Crippen molar-refractivity contribution in [2.75, 3.05) is 19.6 Å². The lowest BCUT2D eigenvalue weighted by Gasteiger charge is -2.27. The molecular weight excluding hydrogens is 395 g/mol. The summed E-state index contributed by atoms with van der Waals surface area (Å²) in [5, 5.41) is 0. The van der Waals surface area contributed by atoms with Crippen molar-refractivity contribution < 1.29 is 13.2 Å². The van der Waals surface area contributed by atoms with E-state index in [-0.39, 0.29) is 12.4 Å². The van der Waals surface area contributed by atoms with Crippen molar-refractivity contribution in [1.82, 2.24) is 4.90 Å². The maximum absolute atomic E-state index is 12.9. The van der Waals surface area contributed by atoms with Crippen molar-refractivity contribution in [3.8, 4) is 0 Å². The van der Waals surface area contributed by atoms with Crippen LogP contribution in [0.4, 0.5) is 13.2 Å². The van der Waals surface area contributed by atoms with Gasteiger partial charge in [-0.2, -0.15) is 13.2 Å². The highest BCUT2D eigenvalue weighted by Crippen LogP contribution is 2.32. The average Bonchev–Trinajstić information content (AvgIpc) is 2.72. The number of alkyl halides is 3. The monoisotopic (exact) mass is 423 g/mol. The molecule has 0 atom stereocenters. The average molecular weight is 424 g/mol. The Kier molecular flexibility index (Phi) is 8.35. The first-order chi connectivity index (χ1) is 13.4. The van der Waals surface area contributed by atoms with Crippen LogP contribution in [0.3, 0.4) is 0 Å². The second kappa shape index (κ2) is 10.3. The molecule has 0 N–H and O–H groups in total. The van der Waals surface area contributed by atoms with Crippen molar-refractivity contribution in [1.29, 1.82) is 0 Å². The molecule has 0 radical (unpaired) electrons. The van der Waals surface area contributed by atoms with E-state index in [1.807, 2.05) is 0 Å². The fourth-order valence-electron chi connectivity index (χ4n) is 3.87. The van der Waals surface area contributed by atoms with Gasteiger partial charge in [0, 0.05) is 19.6 Å². The third-order valence-electron chi connectivity index (χ3n) is 5.60. The van der Waals surface area contributed by atoms with E-state index < -0.39 is 11.7 Å². The van der Waals surface area contributed by atoms with Gasteiger partial charge >= 0.3 is 6.18 Å². The SMILES string of the molecule is CCc1ccc(CCN2CC=C(c3cccc(C(F)(F)F)c3)CC2)cc1CC.Cl. The summed E-state index contributed by atoms with van der Waals surface area (Å²) in [5.41, 5.74) is 5.36. The van der Waals surface area contributed by atoms with E-state index in [4.69, 9.17) is 0 Å². The second-order valence-electron chi connectivity index (χ2n) is 7.42. The van der Waals surface area contributed by atoms with Crippen molar-refractivity contribution >= 4 is 18.0 Å². The van der Waals surface area contributed by atoms with Gasteiger partial charge in [0.05, 0.1) is 5.56 Å². The fourth-order valence-corrected chi connectivity index (χ4v) is 3.87. The highest BCUT2D eigenvalue weighted by atomic mass is 35.5. The molecule has 0 unspecified atom stereocenters. The van der Waals surface area contributed by atoms with Gasteiger partial charge in [0.15, 0.2) is 0 Å². The smallest absolute Gasteiger partial charge is 0.299 e. The van der Waals surface area contributed by atoms with E-state index in [2.05, 4.69) is 43.0 Å². The molecule has 0 saturated heterocycles. The van der Waals surface area contributed by atoms with E-state index >= 15 is 0 Å². The zero-order chi connectivity index (χ0) is 20.1. The molecule has 1 heterocycles. The van der Waals surface area contributed by atoms with Gasteiger partial charge in [-0.3, -0.25) is 4.90 Å². The van der Waals surface area contributed by atoms with Crippen LogP contribution >= 0.6 is 12.4 Å². The molecule has 0 amide bonds. The zero-order valence-electron chi connectivity index (χ0n) is 17.1. The molecule has 0 saturated carbocycles. The first-order valence-electron chi connectivity index (χ1n) is 10.1. The summed E-state index contributed by atoms with van der Waals surface area (Å²) in [6, 6.07) is 12.5. The van der Waals surface area contributed by atoms with Gasteiger partial charge in [0.1, 0.15) is 0 Å². The van der Waals surface area contributed by atoms with Crippen molar-refractivity contribution in [2.45, 2.75) is 45.7 Å². The summed E-state index contributed by atoms with van der Waals surface area (Å²) in [4.78, 5) is 2.37. The molecule has 158 valence electrons. The van der Waals surface area contributed by atoms with Crippen LogP contribution in [0.2, 0.25) is 0 Å². The van der Waals surface area contributed by atoms with Gasteiger partial charge in [0.25, 0.3) is 0 Å². The van der Waals surface area contributed by atoms with Crippen molar-refractivity contribution in [3.05, 3.63) is 76.4 Å². The summed E-state index contributed by atoms with van der Waals surface area (Å²) in [7, 11) is 0. The van der Waals surface area contributed by atoms with Crippen LogP contribution in [0.25, 0.3) is 5.57 Å². The normalized spacial score (nSPS) is 15.0. The van der Waals surface area contributed by atoms with E-state index in [0.29, 0.717) is 5.56 Å². The van der Waals surface area contributed by atoms with Gasteiger partial charge in [-0.15, -0.1) is 12.4 Å². The second-order valence-corrected chi connectivity index (χ2v) is 7.42. The molecular formula is C24H29ClF3N. The van der Waals surface area contributed by atoms with Crippen LogP contribution in [0.15, 0.2) is 48.5 Å². The summed E-state index contributed by atoms with van der Waals surface area (Å²) in [6.45, 7) is 7.04. The van der Waals surface area contributed by atoms with Crippen LogP contribution in [0.1, 0.15) is 48.1 Å². The Hall–Kier alpha value is -1.78. The largest absolute Gasteiger partial charge is 0.416 e. The Labute approximate surface area is 178 Å². The maximum atomic E-state index is 12.9. The minimum Gasteiger partial charge on any atom is -0.299 e. The van der Waals surface area contributed by atoms with Gasteiger partial charge in [-0.05, 0) is 65.6 Å². The van der Waals surface area contributed by atoms with Crippen molar-refractivity contribution in [3.63, 3.8) is 0 Å². The molecule has 1 aliphatic heterocycles. The molecule has 0 aliphatic carbocycles. The number of nitrogens with zero attached hydrogens (tertiary/aromatic N) is 1. The predicted octanol–water partition coefficient (Wildman–Crippen LogP) is 6.58. The summed E-state index contributed by atoms with van der Waals surface area (Å²) < 4.78 is 38.8. The molecule has 0 aromatic heterocycles. The van der Waals surface area contributed by atoms with Gasteiger partial charge in [0.2, 0.25) is 0 Å². The number of halogens is 4. The topological polar surface area (TPSA) is 3.24 Å². The van der Waals surface area contributed by atoms with Gasteiger partial charge < -0.3 is 0 Å². The molecule has 2 aromatic rings. The molecule has 0 bridgehead atoms. The van der Waals surface area contributed by atoms with Crippen LogP contribution < -0.4 is 0 Å². The summed E-state index contributed by atoms with van der Waals surface area (Å²) in [6.07, 6.45) is 1.71. The van der Waals surface area contributed by atoms with E-state index in [1.165, 1.54) is 28.8 Å². The van der Waals surface area contributed by atoms with Crippen LogP contribution in [-0.4, -0.2) is 24.5 Å². The van der Waals surface area contributed by atoms with Crippen LogP contribution in [-0.2, 0) is 25.4 Å². The van der Waals surface area contributed by atoms with Crippen molar-refractivity contribution in [2.24, 2.45) is 0 Å². The number of benzene rings is 2. The Morgan fingerprint density at radius 1 is 0.966 bits per heavy atom. The molecule has 5 heteroatoms. The van der Waals surface area contributed by atoms with Gasteiger partial charge in [-0.25, -0.2) is 0 Å². The molecule has 29 heavy (non-hydrogen) atoms. The third kappa shape index (κ3) is 6.10. The summed E-state index contributed by atoms with van der Waals surface area (Å²) in [5.74, 6) is 0. The highest BCUT2D eigenvalue weighted by Gasteiger charge is 2.30. The van der Waals surface area contributed by atoms with E-state index in [1.54, 1.807) is 6.07 Å². The van der Waals surface area contributed by atoms with E-state index in [0.717, 1.165) is 57.0 Å². The van der Waals surface area contributed by atoms with E-state index in [9.17, 15) is 13.2 Å². The quantitative estimate of drug-likeness (QED) is 0.507. The Bertz CT molecular complexity index is 842. The molecule has 3 rings (SSSR count). The molecule has 2 aromatic carbocycles. The number of hydrogen-bond acceptors (Lipinski definition) is 1. The molecule has 0 fully saturated rings. The first-order valence-corrected chi connectivity index (χ1v) is 10.1. The maximum Gasteiger partial charge on any atom is 0.416 e. The lowest BCUT2D eigenvalue weighted by Crippen LogP contribution is -2.30. The molecule has 0 spiro atoms. The highest BCUT2D eigenvalue weighted by molar-refractivity contribution is 5.85. The Morgan fingerprint density at radius 2 is 1.72 bits per heavy atom. The molecule has 1 aliphatic rings. The van der Waals surface area contributed by atoms with Crippen LogP contribution in [0.5, 0.6) is 0 Å². The summed E-state index contributed by atoms with van der Waals surface area (Å²) >= 11 is 0.